The summed E-state index contributed by atoms with van der Waals surface area (Å²) >= 11 is 0. The normalized spacial score (nSPS) is 22.2. The molecule has 0 saturated carbocycles. The minimum Gasteiger partial charge on any atom is -0.465 e. The number of carbonyl (C=O) groups is 1. The maximum absolute atomic E-state index is 13.2. The average Bonchev–Trinajstić information content (AvgIpc) is 2.97. The summed E-state index contributed by atoms with van der Waals surface area (Å²) < 4.78 is 7.75. The second-order valence-electron chi connectivity index (χ2n) is 8.74. The van der Waals surface area contributed by atoms with Gasteiger partial charge in [-0.15, -0.1) is 0 Å². The SMILES string of the molecule is Cc1oc(C(C)(C)C)cc1C(=O)N1C[C@@H]2C[C@H](C1)c1cccc(=O)n1C2. The van der Waals surface area contributed by atoms with Crippen molar-refractivity contribution in [3.05, 3.63) is 57.4 Å². The summed E-state index contributed by atoms with van der Waals surface area (Å²) in [5.74, 6) is 2.14. The van der Waals surface area contributed by atoms with Crippen molar-refractivity contribution in [1.29, 1.82) is 0 Å². The minimum absolute atomic E-state index is 0.0446. The van der Waals surface area contributed by atoms with Crippen molar-refractivity contribution in [3.8, 4) is 0 Å². The molecule has 4 heterocycles. The van der Waals surface area contributed by atoms with Gasteiger partial charge in [0, 0.05) is 42.7 Å². The van der Waals surface area contributed by atoms with Crippen LogP contribution in [0.2, 0.25) is 0 Å². The van der Waals surface area contributed by atoms with Crippen LogP contribution in [0.4, 0.5) is 0 Å². The lowest BCUT2D eigenvalue weighted by Gasteiger charge is -2.42. The summed E-state index contributed by atoms with van der Waals surface area (Å²) in [6.07, 6.45) is 1.05. The smallest absolute Gasteiger partial charge is 0.257 e. The van der Waals surface area contributed by atoms with E-state index in [-0.39, 0.29) is 22.8 Å². The zero-order chi connectivity index (χ0) is 18.6. The number of furan rings is 1. The molecule has 1 amide bonds. The Hall–Kier alpha value is -2.30. The number of rotatable bonds is 1. The van der Waals surface area contributed by atoms with E-state index in [1.165, 1.54) is 0 Å². The molecule has 0 aromatic carbocycles. The third kappa shape index (κ3) is 2.79. The fourth-order valence-corrected chi connectivity index (χ4v) is 4.30. The molecule has 0 unspecified atom stereocenters. The summed E-state index contributed by atoms with van der Waals surface area (Å²) in [6.45, 7) is 10.2. The lowest BCUT2D eigenvalue weighted by atomic mass is 9.83. The van der Waals surface area contributed by atoms with Gasteiger partial charge in [0.2, 0.25) is 0 Å². The first-order chi connectivity index (χ1) is 12.2. The molecule has 2 aromatic heterocycles. The van der Waals surface area contributed by atoms with Gasteiger partial charge in [-0.05, 0) is 31.4 Å². The first-order valence-corrected chi connectivity index (χ1v) is 9.34. The van der Waals surface area contributed by atoms with E-state index in [4.69, 9.17) is 4.42 Å². The van der Waals surface area contributed by atoms with E-state index >= 15 is 0 Å². The molecule has 0 radical (unpaired) electrons. The van der Waals surface area contributed by atoms with E-state index in [1.807, 2.05) is 34.6 Å². The van der Waals surface area contributed by atoms with Crippen molar-refractivity contribution in [2.75, 3.05) is 13.1 Å². The van der Waals surface area contributed by atoms with Gasteiger partial charge < -0.3 is 13.9 Å². The van der Waals surface area contributed by atoms with Crippen LogP contribution < -0.4 is 5.56 Å². The number of amides is 1. The Morgan fingerprint density at radius 1 is 1.19 bits per heavy atom. The summed E-state index contributed by atoms with van der Waals surface area (Å²) in [4.78, 5) is 27.3. The van der Waals surface area contributed by atoms with Crippen LogP contribution in [0.15, 0.2) is 33.5 Å². The van der Waals surface area contributed by atoms with Crippen LogP contribution in [-0.2, 0) is 12.0 Å². The maximum Gasteiger partial charge on any atom is 0.257 e. The van der Waals surface area contributed by atoms with Crippen LogP contribution in [0.3, 0.4) is 0 Å². The molecule has 26 heavy (non-hydrogen) atoms. The largest absolute Gasteiger partial charge is 0.465 e. The van der Waals surface area contributed by atoms with Gasteiger partial charge >= 0.3 is 0 Å². The lowest BCUT2D eigenvalue weighted by Crippen LogP contribution is -2.49. The lowest BCUT2D eigenvalue weighted by molar-refractivity contribution is 0.0593. The van der Waals surface area contributed by atoms with Gasteiger partial charge in [0.25, 0.3) is 11.5 Å². The highest BCUT2D eigenvalue weighted by molar-refractivity contribution is 5.95. The van der Waals surface area contributed by atoms with Gasteiger partial charge in [-0.2, -0.15) is 0 Å². The molecular weight excluding hydrogens is 328 g/mol. The molecule has 2 bridgehead atoms. The molecule has 0 spiro atoms. The number of hydrogen-bond donors (Lipinski definition) is 0. The zero-order valence-electron chi connectivity index (χ0n) is 15.9. The standard InChI is InChI=1S/C21H26N2O3/c1-13-16(9-18(26-13)21(2,3)4)20(25)22-10-14-8-15(12-22)17-6-5-7-19(24)23(17)11-14/h5-7,9,14-15H,8,10-12H2,1-4H3/t14-,15+/m0/s1. The van der Waals surface area contributed by atoms with Gasteiger partial charge in [0.05, 0.1) is 5.56 Å². The van der Waals surface area contributed by atoms with Crippen LogP contribution in [0.5, 0.6) is 0 Å². The van der Waals surface area contributed by atoms with E-state index in [0.29, 0.717) is 36.9 Å². The van der Waals surface area contributed by atoms with Gasteiger partial charge in [-0.25, -0.2) is 0 Å². The number of aryl methyl sites for hydroxylation is 1. The van der Waals surface area contributed by atoms with Crippen molar-refractivity contribution in [2.24, 2.45) is 5.92 Å². The molecule has 2 atom stereocenters. The van der Waals surface area contributed by atoms with E-state index < -0.39 is 0 Å². The number of likely N-dealkylation sites (tertiary alicyclic amines) is 1. The van der Waals surface area contributed by atoms with Crippen LogP contribution in [0.1, 0.15) is 60.7 Å². The minimum atomic E-state index is -0.123. The molecule has 2 aromatic rings. The first kappa shape index (κ1) is 17.1. The molecule has 1 fully saturated rings. The fourth-order valence-electron chi connectivity index (χ4n) is 4.30. The Morgan fingerprint density at radius 2 is 1.96 bits per heavy atom. The maximum atomic E-state index is 13.2. The van der Waals surface area contributed by atoms with Gasteiger partial charge in [0.15, 0.2) is 0 Å². The third-order valence-electron chi connectivity index (χ3n) is 5.65. The fraction of sp³-hybridized carbons (Fsp3) is 0.524. The molecule has 2 aliphatic rings. The van der Waals surface area contributed by atoms with Gasteiger partial charge in [0.1, 0.15) is 11.5 Å². The number of carbonyl (C=O) groups excluding carboxylic acids is 1. The summed E-state index contributed by atoms with van der Waals surface area (Å²) in [5.41, 5.74) is 1.67. The second-order valence-corrected chi connectivity index (χ2v) is 8.74. The molecule has 4 rings (SSSR count). The molecule has 1 saturated heterocycles. The molecule has 138 valence electrons. The molecule has 0 aliphatic carbocycles. The molecule has 5 heteroatoms. The van der Waals surface area contributed by atoms with Crippen LogP contribution in [-0.4, -0.2) is 28.5 Å². The number of nitrogens with zero attached hydrogens (tertiary/aromatic N) is 2. The number of pyridine rings is 1. The summed E-state index contributed by atoms with van der Waals surface area (Å²) in [5, 5.41) is 0. The summed E-state index contributed by atoms with van der Waals surface area (Å²) in [6, 6.07) is 7.37. The van der Waals surface area contributed by atoms with E-state index in [9.17, 15) is 9.59 Å². The molecular formula is C21H26N2O3. The quantitative estimate of drug-likeness (QED) is 0.789. The van der Waals surface area contributed by atoms with E-state index in [0.717, 1.165) is 17.9 Å². The summed E-state index contributed by atoms with van der Waals surface area (Å²) in [7, 11) is 0. The topological polar surface area (TPSA) is 55.5 Å². The Kier molecular flexibility index (Phi) is 3.86. The van der Waals surface area contributed by atoms with Crippen LogP contribution in [0, 0.1) is 12.8 Å². The number of fused-ring (bicyclic) bond motifs is 4. The molecule has 5 nitrogen and oxygen atoms in total. The zero-order valence-corrected chi connectivity index (χ0v) is 15.9. The molecule has 0 N–H and O–H groups in total. The van der Waals surface area contributed by atoms with E-state index in [1.54, 1.807) is 6.07 Å². The number of hydrogen-bond acceptors (Lipinski definition) is 3. The van der Waals surface area contributed by atoms with Crippen molar-refractivity contribution in [2.45, 2.75) is 52.0 Å². The predicted molar refractivity (Wildman–Crippen MR) is 99.6 cm³/mol. The van der Waals surface area contributed by atoms with Crippen LogP contribution in [0.25, 0.3) is 0 Å². The number of piperidine rings is 1. The average molecular weight is 354 g/mol. The Balaban J connectivity index is 1.62. The highest BCUT2D eigenvalue weighted by Crippen LogP contribution is 2.36. The highest BCUT2D eigenvalue weighted by atomic mass is 16.3. The van der Waals surface area contributed by atoms with Crippen molar-refractivity contribution < 1.29 is 9.21 Å². The van der Waals surface area contributed by atoms with Crippen LogP contribution >= 0.6 is 0 Å². The monoisotopic (exact) mass is 354 g/mol. The third-order valence-corrected chi connectivity index (χ3v) is 5.65. The molecule has 2 aliphatic heterocycles. The van der Waals surface area contributed by atoms with Gasteiger partial charge in [-0.3, -0.25) is 9.59 Å². The Morgan fingerprint density at radius 3 is 2.65 bits per heavy atom. The van der Waals surface area contributed by atoms with Crippen molar-refractivity contribution in [1.82, 2.24) is 9.47 Å². The van der Waals surface area contributed by atoms with Crippen molar-refractivity contribution in [3.63, 3.8) is 0 Å². The Bertz CT molecular complexity index is 916. The van der Waals surface area contributed by atoms with Gasteiger partial charge in [-0.1, -0.05) is 26.8 Å². The number of aromatic nitrogens is 1. The van der Waals surface area contributed by atoms with Crippen molar-refractivity contribution >= 4 is 5.91 Å². The highest BCUT2D eigenvalue weighted by Gasteiger charge is 2.37. The van der Waals surface area contributed by atoms with E-state index in [2.05, 4.69) is 20.8 Å². The first-order valence-electron chi connectivity index (χ1n) is 9.34. The Labute approximate surface area is 153 Å². The second kappa shape index (κ2) is 5.86. The predicted octanol–water partition coefficient (Wildman–Crippen LogP) is 3.31.